The standard InChI is InChI=1S/C20H26N2O2/c1-2-23-20-11-7-6-10-19(20)22-14-12-21(13-15-22)16-17-24-18-8-4-3-5-9-18/h3-11H,2,12-17H2,1H3. The van der Waals surface area contributed by atoms with Crippen LogP contribution in [-0.2, 0) is 0 Å². The van der Waals surface area contributed by atoms with Gasteiger partial charge in [0.2, 0.25) is 0 Å². The van der Waals surface area contributed by atoms with Crippen molar-refractivity contribution in [2.45, 2.75) is 6.92 Å². The van der Waals surface area contributed by atoms with Gasteiger partial charge >= 0.3 is 0 Å². The Morgan fingerprint density at radius 3 is 2.29 bits per heavy atom. The van der Waals surface area contributed by atoms with E-state index in [-0.39, 0.29) is 0 Å². The molecule has 0 atom stereocenters. The fourth-order valence-electron chi connectivity index (χ4n) is 3.02. The molecule has 4 nitrogen and oxygen atoms in total. The van der Waals surface area contributed by atoms with Crippen LogP contribution < -0.4 is 14.4 Å². The SMILES string of the molecule is CCOc1ccccc1N1CCN(CCOc2ccccc2)CC1. The van der Waals surface area contributed by atoms with Crippen molar-refractivity contribution in [1.82, 2.24) is 4.90 Å². The molecule has 3 rings (SSSR count). The van der Waals surface area contributed by atoms with Gasteiger partial charge in [-0.15, -0.1) is 0 Å². The molecule has 2 aromatic rings. The van der Waals surface area contributed by atoms with Crippen molar-refractivity contribution < 1.29 is 9.47 Å². The number of hydrogen-bond acceptors (Lipinski definition) is 4. The van der Waals surface area contributed by atoms with Crippen LogP contribution in [0, 0.1) is 0 Å². The second kappa shape index (κ2) is 8.60. The molecule has 2 aromatic carbocycles. The van der Waals surface area contributed by atoms with Crippen molar-refractivity contribution in [1.29, 1.82) is 0 Å². The number of ether oxygens (including phenoxy) is 2. The van der Waals surface area contributed by atoms with Crippen LogP contribution in [0.1, 0.15) is 6.92 Å². The molecule has 0 bridgehead atoms. The zero-order chi connectivity index (χ0) is 16.6. The maximum absolute atomic E-state index is 5.80. The normalized spacial score (nSPS) is 15.3. The van der Waals surface area contributed by atoms with Crippen molar-refractivity contribution >= 4 is 5.69 Å². The maximum Gasteiger partial charge on any atom is 0.142 e. The number of piperazine rings is 1. The molecule has 0 aliphatic carbocycles. The molecule has 1 saturated heterocycles. The summed E-state index contributed by atoms with van der Waals surface area (Å²) in [7, 11) is 0. The van der Waals surface area contributed by atoms with Crippen LogP contribution in [0.4, 0.5) is 5.69 Å². The Hall–Kier alpha value is -2.20. The van der Waals surface area contributed by atoms with E-state index in [2.05, 4.69) is 28.0 Å². The number of anilines is 1. The Kier molecular flexibility index (Phi) is 5.96. The number of nitrogens with zero attached hydrogens (tertiary/aromatic N) is 2. The summed E-state index contributed by atoms with van der Waals surface area (Å²) in [5, 5.41) is 0. The third kappa shape index (κ3) is 4.42. The second-order valence-electron chi connectivity index (χ2n) is 5.89. The molecule has 1 heterocycles. The van der Waals surface area contributed by atoms with E-state index in [4.69, 9.17) is 9.47 Å². The highest BCUT2D eigenvalue weighted by molar-refractivity contribution is 5.58. The zero-order valence-corrected chi connectivity index (χ0v) is 14.4. The summed E-state index contributed by atoms with van der Waals surface area (Å²) >= 11 is 0. The predicted molar refractivity (Wildman–Crippen MR) is 98.2 cm³/mol. The van der Waals surface area contributed by atoms with Crippen molar-refractivity contribution in [2.75, 3.05) is 50.8 Å². The minimum absolute atomic E-state index is 0.702. The summed E-state index contributed by atoms with van der Waals surface area (Å²) < 4.78 is 11.6. The van der Waals surface area contributed by atoms with Gasteiger partial charge in [0.05, 0.1) is 12.3 Å². The van der Waals surface area contributed by atoms with E-state index in [1.807, 2.05) is 43.3 Å². The smallest absolute Gasteiger partial charge is 0.142 e. The molecular formula is C20H26N2O2. The summed E-state index contributed by atoms with van der Waals surface area (Å²) in [5.41, 5.74) is 1.21. The van der Waals surface area contributed by atoms with Crippen LogP contribution in [0.2, 0.25) is 0 Å². The molecule has 0 spiro atoms. The molecule has 0 amide bonds. The highest BCUT2D eigenvalue weighted by Gasteiger charge is 2.19. The molecule has 1 aliphatic heterocycles. The van der Waals surface area contributed by atoms with E-state index in [9.17, 15) is 0 Å². The van der Waals surface area contributed by atoms with E-state index in [1.54, 1.807) is 0 Å². The summed E-state index contributed by atoms with van der Waals surface area (Å²) in [6, 6.07) is 18.3. The molecule has 24 heavy (non-hydrogen) atoms. The van der Waals surface area contributed by atoms with Crippen molar-refractivity contribution in [2.24, 2.45) is 0 Å². The fourth-order valence-corrected chi connectivity index (χ4v) is 3.02. The fraction of sp³-hybridized carbons (Fsp3) is 0.400. The van der Waals surface area contributed by atoms with Gasteiger partial charge in [-0.1, -0.05) is 30.3 Å². The lowest BCUT2D eigenvalue weighted by Crippen LogP contribution is -2.47. The minimum Gasteiger partial charge on any atom is -0.492 e. The number of rotatable bonds is 7. The van der Waals surface area contributed by atoms with Crippen LogP contribution in [0.3, 0.4) is 0 Å². The van der Waals surface area contributed by atoms with Crippen LogP contribution in [0.5, 0.6) is 11.5 Å². The molecule has 1 fully saturated rings. The van der Waals surface area contributed by atoms with Crippen molar-refractivity contribution in [3.63, 3.8) is 0 Å². The third-order valence-corrected chi connectivity index (χ3v) is 4.30. The topological polar surface area (TPSA) is 24.9 Å². The van der Waals surface area contributed by atoms with Crippen LogP contribution in [0.15, 0.2) is 54.6 Å². The van der Waals surface area contributed by atoms with Gasteiger partial charge in [0.15, 0.2) is 0 Å². The van der Waals surface area contributed by atoms with E-state index in [0.29, 0.717) is 6.61 Å². The number of hydrogen-bond donors (Lipinski definition) is 0. The first-order chi connectivity index (χ1) is 11.9. The first kappa shape index (κ1) is 16.7. The minimum atomic E-state index is 0.702. The first-order valence-electron chi connectivity index (χ1n) is 8.74. The van der Waals surface area contributed by atoms with Crippen molar-refractivity contribution in [3.05, 3.63) is 54.6 Å². The highest BCUT2D eigenvalue weighted by atomic mass is 16.5. The van der Waals surface area contributed by atoms with Gasteiger partial charge in [-0.05, 0) is 31.2 Å². The van der Waals surface area contributed by atoms with Crippen molar-refractivity contribution in [3.8, 4) is 11.5 Å². The van der Waals surface area contributed by atoms with Gasteiger partial charge < -0.3 is 14.4 Å². The van der Waals surface area contributed by atoms with Gasteiger partial charge in [-0.2, -0.15) is 0 Å². The largest absolute Gasteiger partial charge is 0.492 e. The highest BCUT2D eigenvalue weighted by Crippen LogP contribution is 2.28. The van der Waals surface area contributed by atoms with Gasteiger partial charge in [0.25, 0.3) is 0 Å². The van der Waals surface area contributed by atoms with Gasteiger partial charge in [0, 0.05) is 32.7 Å². The van der Waals surface area contributed by atoms with Crippen LogP contribution >= 0.6 is 0 Å². The van der Waals surface area contributed by atoms with E-state index >= 15 is 0 Å². The van der Waals surface area contributed by atoms with Crippen LogP contribution in [-0.4, -0.2) is 50.8 Å². The van der Waals surface area contributed by atoms with E-state index in [1.165, 1.54) is 5.69 Å². The Morgan fingerprint density at radius 1 is 0.833 bits per heavy atom. The van der Waals surface area contributed by atoms with Crippen LogP contribution in [0.25, 0.3) is 0 Å². The molecule has 0 unspecified atom stereocenters. The number of para-hydroxylation sites is 3. The average molecular weight is 326 g/mol. The molecule has 4 heteroatoms. The predicted octanol–water partition coefficient (Wildman–Crippen LogP) is 3.29. The number of benzene rings is 2. The van der Waals surface area contributed by atoms with Gasteiger partial charge in [-0.3, -0.25) is 4.90 Å². The maximum atomic E-state index is 5.80. The summed E-state index contributed by atoms with van der Waals surface area (Å²) in [4.78, 5) is 4.88. The van der Waals surface area contributed by atoms with Gasteiger partial charge in [-0.25, -0.2) is 0 Å². The molecule has 1 aliphatic rings. The Labute approximate surface area is 144 Å². The average Bonchev–Trinajstić information content (AvgIpc) is 2.64. The Morgan fingerprint density at radius 2 is 1.54 bits per heavy atom. The molecule has 0 aromatic heterocycles. The summed E-state index contributed by atoms with van der Waals surface area (Å²) in [6.07, 6.45) is 0. The molecule has 0 radical (unpaired) electrons. The summed E-state index contributed by atoms with van der Waals surface area (Å²) in [5.74, 6) is 1.93. The van der Waals surface area contributed by atoms with E-state index < -0.39 is 0 Å². The molecule has 128 valence electrons. The molecular weight excluding hydrogens is 300 g/mol. The monoisotopic (exact) mass is 326 g/mol. The lowest BCUT2D eigenvalue weighted by Gasteiger charge is -2.36. The summed E-state index contributed by atoms with van der Waals surface area (Å²) in [6.45, 7) is 8.59. The Balaban J connectivity index is 1.46. The van der Waals surface area contributed by atoms with Gasteiger partial charge in [0.1, 0.15) is 18.1 Å². The quantitative estimate of drug-likeness (QED) is 0.779. The Bertz CT molecular complexity index is 610. The zero-order valence-electron chi connectivity index (χ0n) is 14.4. The second-order valence-corrected chi connectivity index (χ2v) is 5.89. The molecule has 0 saturated carbocycles. The molecule has 0 N–H and O–H groups in total. The van der Waals surface area contributed by atoms with E-state index in [0.717, 1.165) is 50.8 Å². The third-order valence-electron chi connectivity index (χ3n) is 4.30. The lowest BCUT2D eigenvalue weighted by atomic mass is 10.2. The lowest BCUT2D eigenvalue weighted by molar-refractivity contribution is 0.200. The first-order valence-corrected chi connectivity index (χ1v) is 8.74.